The van der Waals surface area contributed by atoms with E-state index in [9.17, 15) is 4.79 Å². The van der Waals surface area contributed by atoms with Crippen molar-refractivity contribution >= 4 is 41.3 Å². The van der Waals surface area contributed by atoms with Crippen LogP contribution in [0.4, 0.5) is 0 Å². The van der Waals surface area contributed by atoms with Gasteiger partial charge in [-0.3, -0.25) is 0 Å². The summed E-state index contributed by atoms with van der Waals surface area (Å²) in [4.78, 5) is 10.7. The van der Waals surface area contributed by atoms with Crippen LogP contribution >= 0.6 is 8.03 Å². The van der Waals surface area contributed by atoms with Crippen LogP contribution in [0.15, 0.2) is 30.3 Å². The van der Waals surface area contributed by atoms with Crippen LogP contribution in [0.2, 0.25) is 5.32 Å². The Balaban J connectivity index is 2.26. The monoisotopic (exact) mass is 300 g/mol. The van der Waals surface area contributed by atoms with E-state index in [1.807, 2.05) is 18.2 Å². The first-order valence-corrected chi connectivity index (χ1v) is 8.85. The zero-order valence-electron chi connectivity index (χ0n) is 9.20. The van der Waals surface area contributed by atoms with Crippen molar-refractivity contribution in [3.63, 3.8) is 0 Å². The van der Waals surface area contributed by atoms with Gasteiger partial charge < -0.3 is 0 Å². The third kappa shape index (κ3) is 5.81. The number of carbonyl (C=O) groups is 1. The molecule has 0 bridgehead atoms. The van der Waals surface area contributed by atoms with Crippen LogP contribution in [0.5, 0.6) is 0 Å². The summed E-state index contributed by atoms with van der Waals surface area (Å²) in [6.45, 7) is 1.80. The molecule has 2 radical (unpaired) electrons. The normalized spacial score (nSPS) is 14.3. The third-order valence-corrected chi connectivity index (χ3v) is 4.66. The van der Waals surface area contributed by atoms with Crippen molar-refractivity contribution in [2.24, 2.45) is 0 Å². The van der Waals surface area contributed by atoms with Gasteiger partial charge in [0.25, 0.3) is 0 Å². The van der Waals surface area contributed by atoms with E-state index in [4.69, 9.17) is 12.1 Å². The molecule has 0 saturated heterocycles. The van der Waals surface area contributed by atoms with Gasteiger partial charge in [0.1, 0.15) is 0 Å². The molecule has 0 heterocycles. The number of hydrogen-bond donors (Lipinski definition) is 0. The fourth-order valence-electron chi connectivity index (χ4n) is 1.17. The Labute approximate surface area is 106 Å². The van der Waals surface area contributed by atoms with Crippen LogP contribution < -0.4 is 4.46 Å². The van der Waals surface area contributed by atoms with Gasteiger partial charge in [-0.15, -0.1) is 0 Å². The van der Waals surface area contributed by atoms with E-state index in [0.29, 0.717) is 15.0 Å². The van der Waals surface area contributed by atoms with E-state index in [2.05, 4.69) is 12.1 Å². The molecule has 2 unspecified atom stereocenters. The molecule has 5 heteroatoms. The molecule has 1 rings (SSSR count). The molecule has 0 amide bonds. The molecule has 84 valence electrons. The number of aldehydes is 1. The predicted octanol–water partition coefficient (Wildman–Crippen LogP) is 1.52. The van der Waals surface area contributed by atoms with Crippen molar-refractivity contribution in [3.8, 4) is 0 Å². The fourth-order valence-corrected chi connectivity index (χ4v) is 3.71. The second-order valence-electron chi connectivity index (χ2n) is 3.28. The van der Waals surface area contributed by atoms with Gasteiger partial charge in [-0.25, -0.2) is 0 Å². The van der Waals surface area contributed by atoms with Gasteiger partial charge in [-0.2, -0.15) is 0 Å². The summed E-state index contributed by atoms with van der Waals surface area (Å²) in [5, 5.41) is 1.00. The average Bonchev–Trinajstić information content (AvgIpc) is 2.28. The Morgan fingerprint density at radius 2 is 2.19 bits per heavy atom. The SMILES string of the molecule is [B]P(C)OC(C=O)CC[Se]c1ccccc1. The van der Waals surface area contributed by atoms with Crippen LogP contribution in [0.3, 0.4) is 0 Å². The molecule has 0 aromatic heterocycles. The van der Waals surface area contributed by atoms with E-state index in [1.54, 1.807) is 6.66 Å². The van der Waals surface area contributed by atoms with E-state index in [1.165, 1.54) is 4.46 Å². The Kier molecular flexibility index (Phi) is 6.99. The number of rotatable bonds is 7. The standard InChI is InChI=1S/C11H14BO2PSe/c1-15(12)14-10(9-13)7-8-16-11-5-3-2-4-6-11/h2-6,9-10H,7-8H2,1H3. The molecule has 1 aromatic carbocycles. The Morgan fingerprint density at radius 3 is 2.75 bits per heavy atom. The van der Waals surface area contributed by atoms with Gasteiger partial charge >= 0.3 is 105 Å². The zero-order chi connectivity index (χ0) is 11.8. The summed E-state index contributed by atoms with van der Waals surface area (Å²) < 4.78 is 6.67. The van der Waals surface area contributed by atoms with E-state index in [-0.39, 0.29) is 6.10 Å². The van der Waals surface area contributed by atoms with Gasteiger partial charge in [0.15, 0.2) is 0 Å². The van der Waals surface area contributed by atoms with Crippen LogP contribution in [-0.2, 0) is 9.32 Å². The molecule has 0 saturated carbocycles. The van der Waals surface area contributed by atoms with Crippen LogP contribution in [0.25, 0.3) is 0 Å². The Hall–Kier alpha value is -0.136. The van der Waals surface area contributed by atoms with Crippen LogP contribution in [0.1, 0.15) is 6.42 Å². The summed E-state index contributed by atoms with van der Waals surface area (Å²) >= 11 is 0.414. The van der Waals surface area contributed by atoms with E-state index >= 15 is 0 Å². The van der Waals surface area contributed by atoms with Crippen molar-refractivity contribution in [1.29, 1.82) is 0 Å². The molecule has 0 spiro atoms. The average molecular weight is 299 g/mol. The quantitative estimate of drug-likeness (QED) is 0.433. The van der Waals surface area contributed by atoms with E-state index in [0.717, 1.165) is 18.0 Å². The number of hydrogen-bond acceptors (Lipinski definition) is 2. The Morgan fingerprint density at radius 1 is 1.50 bits per heavy atom. The molecule has 0 fully saturated rings. The zero-order valence-corrected chi connectivity index (χ0v) is 11.8. The second-order valence-corrected chi connectivity index (χ2v) is 7.03. The molecular weight excluding hydrogens is 285 g/mol. The van der Waals surface area contributed by atoms with E-state index < -0.39 is 8.03 Å². The van der Waals surface area contributed by atoms with Gasteiger partial charge in [0.2, 0.25) is 0 Å². The first kappa shape index (κ1) is 13.9. The molecular formula is C11H14BO2PSe. The van der Waals surface area contributed by atoms with Crippen molar-refractivity contribution in [2.45, 2.75) is 17.8 Å². The maximum atomic E-state index is 10.7. The molecule has 0 aliphatic rings. The molecule has 2 nitrogen and oxygen atoms in total. The summed E-state index contributed by atoms with van der Waals surface area (Å²) in [5.74, 6) is 0. The molecule has 0 aliphatic carbocycles. The molecule has 16 heavy (non-hydrogen) atoms. The number of benzene rings is 1. The fraction of sp³-hybridized carbons (Fsp3) is 0.364. The van der Waals surface area contributed by atoms with Crippen molar-refractivity contribution in [1.82, 2.24) is 0 Å². The summed E-state index contributed by atoms with van der Waals surface area (Å²) in [6.07, 6.45) is 1.29. The van der Waals surface area contributed by atoms with Crippen LogP contribution in [-0.4, -0.2) is 41.6 Å². The summed E-state index contributed by atoms with van der Waals surface area (Å²) in [6, 6.07) is 10.3. The first-order chi connectivity index (χ1) is 7.72. The van der Waals surface area contributed by atoms with Gasteiger partial charge in [0, 0.05) is 0 Å². The van der Waals surface area contributed by atoms with Gasteiger partial charge in [-0.05, 0) is 0 Å². The van der Waals surface area contributed by atoms with Crippen molar-refractivity contribution in [3.05, 3.63) is 30.3 Å². The molecule has 0 aliphatic heterocycles. The summed E-state index contributed by atoms with van der Waals surface area (Å²) in [7, 11) is 4.60. The summed E-state index contributed by atoms with van der Waals surface area (Å²) in [5.41, 5.74) is 0. The second kappa shape index (κ2) is 8.03. The topological polar surface area (TPSA) is 26.3 Å². The van der Waals surface area contributed by atoms with Crippen LogP contribution in [0, 0.1) is 0 Å². The van der Waals surface area contributed by atoms with Crippen molar-refractivity contribution < 1.29 is 9.32 Å². The van der Waals surface area contributed by atoms with Gasteiger partial charge in [0.05, 0.1) is 0 Å². The molecule has 0 N–H and O–H groups in total. The third-order valence-electron chi connectivity index (χ3n) is 1.87. The first-order valence-electron chi connectivity index (χ1n) is 5.00. The minimum absolute atomic E-state index is 0.327. The maximum absolute atomic E-state index is 10.7. The minimum atomic E-state index is -0.941. The predicted molar refractivity (Wildman–Crippen MR) is 70.8 cm³/mol. The molecule has 1 aromatic rings. The van der Waals surface area contributed by atoms with Gasteiger partial charge in [-0.1, -0.05) is 0 Å². The molecule has 2 atom stereocenters. The Bertz CT molecular complexity index is 308. The number of carbonyl (C=O) groups excluding carboxylic acids is 1. The van der Waals surface area contributed by atoms with Crippen molar-refractivity contribution in [2.75, 3.05) is 6.66 Å².